The fourth-order valence-electron chi connectivity index (χ4n) is 3.54. The van der Waals surface area contributed by atoms with Gasteiger partial charge in [-0.15, -0.1) is 0 Å². The van der Waals surface area contributed by atoms with E-state index in [0.29, 0.717) is 40.0 Å². The lowest BCUT2D eigenvalue weighted by Gasteiger charge is -2.19. The lowest BCUT2D eigenvalue weighted by Crippen LogP contribution is -2.24. The molecule has 1 aromatic heterocycles. The maximum Gasteiger partial charge on any atom is 0.248 e. The first-order valence-corrected chi connectivity index (χ1v) is 10.2. The summed E-state index contributed by atoms with van der Waals surface area (Å²) in [4.78, 5) is 34.0. The molecule has 2 aromatic carbocycles. The molecule has 1 saturated heterocycles. The summed E-state index contributed by atoms with van der Waals surface area (Å²) in [6, 6.07) is 12.0. The Bertz CT molecular complexity index is 1190. The minimum Gasteiger partial charge on any atom is -0.438 e. The number of benzene rings is 2. The normalized spacial score (nSPS) is 15.9. The number of carbonyl (C=O) groups excluding carboxylic acids is 2. The number of primary amides is 1. The van der Waals surface area contributed by atoms with E-state index in [9.17, 15) is 9.59 Å². The fourth-order valence-corrected chi connectivity index (χ4v) is 3.83. The van der Waals surface area contributed by atoms with Crippen LogP contribution < -0.4 is 15.4 Å². The molecule has 4 rings (SSSR count). The van der Waals surface area contributed by atoms with E-state index in [1.165, 1.54) is 0 Å². The Labute approximate surface area is 188 Å². The second kappa shape index (κ2) is 8.53. The number of carbonyl (C=O) groups is 2. The highest BCUT2D eigenvalue weighted by molar-refractivity contribution is 6.30. The van der Waals surface area contributed by atoms with Crippen LogP contribution in [0.4, 0.5) is 5.69 Å². The van der Waals surface area contributed by atoms with E-state index in [1.54, 1.807) is 47.5 Å². The van der Waals surface area contributed by atoms with E-state index in [4.69, 9.17) is 33.7 Å². The average molecular weight is 457 g/mol. The molecule has 0 radical (unpaired) electrons. The number of aryl methyl sites for hydroxylation is 1. The summed E-state index contributed by atoms with van der Waals surface area (Å²) >= 11 is 12.1. The molecule has 1 atom stereocenters. The van der Waals surface area contributed by atoms with Crippen molar-refractivity contribution in [3.05, 3.63) is 75.7 Å². The summed E-state index contributed by atoms with van der Waals surface area (Å²) in [5.41, 5.74) is 7.88. The molecule has 31 heavy (non-hydrogen) atoms. The quantitative estimate of drug-likeness (QED) is 0.569. The first kappa shape index (κ1) is 21.1. The molecular formula is C22H18Cl2N4O3. The van der Waals surface area contributed by atoms with Gasteiger partial charge in [0.15, 0.2) is 0 Å². The third-order valence-corrected chi connectivity index (χ3v) is 5.50. The molecule has 1 aliphatic rings. The molecule has 0 bridgehead atoms. The van der Waals surface area contributed by atoms with Crippen LogP contribution in [0.5, 0.6) is 11.6 Å². The molecule has 158 valence electrons. The molecule has 0 saturated carbocycles. The first-order chi connectivity index (χ1) is 14.8. The predicted octanol–water partition coefficient (Wildman–Crippen LogP) is 4.50. The number of nitrogens with zero attached hydrogens (tertiary/aromatic N) is 3. The number of nitrogens with two attached hydrogens (primary N) is 1. The van der Waals surface area contributed by atoms with Crippen molar-refractivity contribution < 1.29 is 14.3 Å². The second-order valence-corrected chi connectivity index (χ2v) is 8.01. The maximum absolute atomic E-state index is 12.8. The van der Waals surface area contributed by atoms with Crippen molar-refractivity contribution in [1.82, 2.24) is 9.97 Å². The molecule has 2 heterocycles. The van der Waals surface area contributed by atoms with Crippen molar-refractivity contribution in [1.29, 1.82) is 0 Å². The smallest absolute Gasteiger partial charge is 0.248 e. The summed E-state index contributed by atoms with van der Waals surface area (Å²) in [6.07, 6.45) is 1.85. The Morgan fingerprint density at radius 2 is 2.03 bits per heavy atom. The van der Waals surface area contributed by atoms with Crippen molar-refractivity contribution in [2.75, 3.05) is 11.4 Å². The highest BCUT2D eigenvalue weighted by Crippen LogP contribution is 2.39. The van der Waals surface area contributed by atoms with Crippen molar-refractivity contribution in [2.24, 2.45) is 5.73 Å². The number of anilines is 1. The third kappa shape index (κ3) is 4.47. The predicted molar refractivity (Wildman–Crippen MR) is 118 cm³/mol. The van der Waals surface area contributed by atoms with Crippen LogP contribution in [0.2, 0.25) is 10.3 Å². The van der Waals surface area contributed by atoms with Gasteiger partial charge in [-0.1, -0.05) is 23.7 Å². The van der Waals surface area contributed by atoms with E-state index in [2.05, 4.69) is 9.97 Å². The van der Waals surface area contributed by atoms with E-state index < -0.39 is 5.91 Å². The minimum atomic E-state index is -0.544. The van der Waals surface area contributed by atoms with Crippen LogP contribution in [-0.2, 0) is 4.79 Å². The molecule has 2 N–H and O–H groups in total. The number of aromatic nitrogens is 2. The van der Waals surface area contributed by atoms with Crippen LogP contribution in [0.3, 0.4) is 0 Å². The van der Waals surface area contributed by atoms with Crippen molar-refractivity contribution in [3.63, 3.8) is 0 Å². The van der Waals surface area contributed by atoms with Gasteiger partial charge in [-0.2, -0.15) is 4.98 Å². The van der Waals surface area contributed by atoms with Crippen LogP contribution in [0.15, 0.2) is 48.7 Å². The maximum atomic E-state index is 12.8. The zero-order valence-electron chi connectivity index (χ0n) is 16.5. The highest BCUT2D eigenvalue weighted by Gasteiger charge is 2.33. The molecule has 3 aromatic rings. The van der Waals surface area contributed by atoms with Crippen LogP contribution in [-0.4, -0.2) is 28.3 Å². The third-order valence-electron chi connectivity index (χ3n) is 5.09. The van der Waals surface area contributed by atoms with Gasteiger partial charge < -0.3 is 15.4 Å². The van der Waals surface area contributed by atoms with Gasteiger partial charge in [0.1, 0.15) is 5.75 Å². The zero-order chi connectivity index (χ0) is 22.1. The Morgan fingerprint density at radius 1 is 1.23 bits per heavy atom. The summed E-state index contributed by atoms with van der Waals surface area (Å²) < 4.78 is 6.03. The monoisotopic (exact) mass is 456 g/mol. The molecule has 7 nitrogen and oxygen atoms in total. The van der Waals surface area contributed by atoms with Crippen LogP contribution in [0, 0.1) is 6.92 Å². The number of hydrogen-bond acceptors (Lipinski definition) is 5. The molecule has 0 unspecified atom stereocenters. The second-order valence-electron chi connectivity index (χ2n) is 7.23. The number of halogens is 2. The Kier molecular flexibility index (Phi) is 5.80. The molecular weight excluding hydrogens is 439 g/mol. The number of amides is 2. The molecule has 0 spiro atoms. The van der Waals surface area contributed by atoms with E-state index in [-0.39, 0.29) is 23.5 Å². The molecule has 9 heteroatoms. The van der Waals surface area contributed by atoms with E-state index in [0.717, 1.165) is 5.56 Å². The highest BCUT2D eigenvalue weighted by atomic mass is 35.5. The van der Waals surface area contributed by atoms with Crippen molar-refractivity contribution >= 4 is 40.7 Å². The summed E-state index contributed by atoms with van der Waals surface area (Å²) in [6.45, 7) is 2.23. The van der Waals surface area contributed by atoms with Crippen molar-refractivity contribution in [2.45, 2.75) is 19.3 Å². The topological polar surface area (TPSA) is 98.4 Å². The summed E-state index contributed by atoms with van der Waals surface area (Å²) in [5, 5.41) is 0.563. The van der Waals surface area contributed by atoms with Crippen molar-refractivity contribution in [3.8, 4) is 11.6 Å². The molecule has 1 aliphatic heterocycles. The van der Waals surface area contributed by atoms with Gasteiger partial charge in [0.2, 0.25) is 23.0 Å². The number of ether oxygens (including phenoxy) is 1. The Hall–Kier alpha value is -3.16. The Morgan fingerprint density at radius 3 is 2.81 bits per heavy atom. The molecule has 0 aliphatic carbocycles. The van der Waals surface area contributed by atoms with E-state index >= 15 is 0 Å². The van der Waals surface area contributed by atoms with Crippen LogP contribution in [0.1, 0.15) is 33.8 Å². The van der Waals surface area contributed by atoms with Gasteiger partial charge in [0, 0.05) is 52.5 Å². The van der Waals surface area contributed by atoms with Gasteiger partial charge >= 0.3 is 0 Å². The van der Waals surface area contributed by atoms with Gasteiger partial charge in [-0.05, 0) is 48.9 Å². The first-order valence-electron chi connectivity index (χ1n) is 9.48. The van der Waals surface area contributed by atoms with Gasteiger partial charge in [-0.3, -0.25) is 9.59 Å². The fraction of sp³-hybridized carbons (Fsp3) is 0.182. The number of hydrogen-bond donors (Lipinski definition) is 1. The SMILES string of the molecule is Cc1cnc(Cl)nc1Oc1cc(Cl)ccc1[C@H]1CC(=O)N(c2cccc(C(N)=O)c2)C1. The number of rotatable bonds is 5. The molecule has 2 amide bonds. The standard InChI is InChI=1S/C22H18Cl2N4O3/c1-12-10-26-22(24)27-21(12)31-18-9-15(23)5-6-17(18)14-8-19(29)28(11-14)16-4-2-3-13(7-16)20(25)30/h2-7,9-10,14H,8,11H2,1H3,(H2,25,30)/t14-/m0/s1. The lowest BCUT2D eigenvalue weighted by atomic mass is 9.97. The lowest BCUT2D eigenvalue weighted by molar-refractivity contribution is -0.117. The summed E-state index contributed by atoms with van der Waals surface area (Å²) in [5.74, 6) is 0.0653. The zero-order valence-corrected chi connectivity index (χ0v) is 18.0. The van der Waals surface area contributed by atoms with Crippen LogP contribution >= 0.6 is 23.2 Å². The summed E-state index contributed by atoms with van der Waals surface area (Å²) in [7, 11) is 0. The Balaban J connectivity index is 1.65. The van der Waals surface area contributed by atoms with Gasteiger partial charge in [0.05, 0.1) is 0 Å². The average Bonchev–Trinajstić information content (AvgIpc) is 3.12. The molecule has 1 fully saturated rings. The van der Waals surface area contributed by atoms with E-state index in [1.807, 2.05) is 13.0 Å². The van der Waals surface area contributed by atoms with Crippen LogP contribution in [0.25, 0.3) is 0 Å². The largest absolute Gasteiger partial charge is 0.438 e. The van der Waals surface area contributed by atoms with Gasteiger partial charge in [-0.25, -0.2) is 4.98 Å². The minimum absolute atomic E-state index is 0.0613. The van der Waals surface area contributed by atoms with Gasteiger partial charge in [0.25, 0.3) is 0 Å².